The summed E-state index contributed by atoms with van der Waals surface area (Å²) in [4.78, 5) is 4.45. The van der Waals surface area contributed by atoms with Gasteiger partial charge in [-0.1, -0.05) is 6.08 Å². The molecule has 2 atom stereocenters. The summed E-state index contributed by atoms with van der Waals surface area (Å²) in [6.07, 6.45) is 6.89. The van der Waals surface area contributed by atoms with Crippen LogP contribution in [0, 0.1) is 18.8 Å². The standard InChI is InChI=1S/C15H20N2O/c1-10-15(18-2)6-12(8-17-10)13-5-3-4-11-7-16-9-14(11)13/h5-6,8,11,14,16H,3-4,7,9H2,1-2H3/t11-,14+/m1/s1. The summed E-state index contributed by atoms with van der Waals surface area (Å²) in [6, 6.07) is 2.13. The molecule has 1 aliphatic carbocycles. The van der Waals surface area contributed by atoms with Gasteiger partial charge in [0.25, 0.3) is 0 Å². The predicted octanol–water partition coefficient (Wildman–Crippen LogP) is 2.41. The Hall–Kier alpha value is -1.35. The molecule has 1 saturated heterocycles. The number of pyridine rings is 1. The first-order valence-electron chi connectivity index (χ1n) is 6.71. The first kappa shape index (κ1) is 11.7. The summed E-state index contributed by atoms with van der Waals surface area (Å²) in [6.45, 7) is 4.25. The van der Waals surface area contributed by atoms with Gasteiger partial charge in [-0.2, -0.15) is 0 Å². The molecule has 3 rings (SSSR count). The number of ether oxygens (including phenoxy) is 1. The molecule has 2 aliphatic rings. The minimum absolute atomic E-state index is 0.660. The van der Waals surface area contributed by atoms with E-state index in [0.717, 1.165) is 23.9 Å². The van der Waals surface area contributed by atoms with Crippen LogP contribution in [0.4, 0.5) is 0 Å². The van der Waals surface area contributed by atoms with Crippen molar-refractivity contribution in [3.05, 3.63) is 29.6 Å². The van der Waals surface area contributed by atoms with E-state index in [0.29, 0.717) is 5.92 Å². The Labute approximate surface area is 108 Å². The highest BCUT2D eigenvalue weighted by Gasteiger charge is 2.32. The third-order valence-electron chi connectivity index (χ3n) is 4.23. The predicted molar refractivity (Wildman–Crippen MR) is 72.6 cm³/mol. The molecule has 0 bridgehead atoms. The highest BCUT2D eigenvalue weighted by molar-refractivity contribution is 5.69. The zero-order valence-electron chi connectivity index (χ0n) is 11.1. The molecule has 1 aromatic rings. The fraction of sp³-hybridized carbons (Fsp3) is 0.533. The molecular formula is C15H20N2O. The van der Waals surface area contributed by atoms with Crippen LogP contribution in [-0.2, 0) is 0 Å². The zero-order chi connectivity index (χ0) is 12.5. The molecule has 1 aromatic heterocycles. The lowest BCUT2D eigenvalue weighted by molar-refractivity contribution is 0.408. The van der Waals surface area contributed by atoms with E-state index in [1.54, 1.807) is 7.11 Å². The lowest BCUT2D eigenvalue weighted by atomic mass is 9.78. The van der Waals surface area contributed by atoms with Gasteiger partial charge in [-0.3, -0.25) is 4.98 Å². The van der Waals surface area contributed by atoms with Crippen molar-refractivity contribution in [1.29, 1.82) is 0 Å². The summed E-state index contributed by atoms with van der Waals surface area (Å²) in [5.41, 5.74) is 3.65. The molecule has 96 valence electrons. The lowest BCUT2D eigenvalue weighted by Crippen LogP contribution is -2.18. The summed E-state index contributed by atoms with van der Waals surface area (Å²) < 4.78 is 5.38. The van der Waals surface area contributed by atoms with Gasteiger partial charge in [-0.05, 0) is 49.4 Å². The summed E-state index contributed by atoms with van der Waals surface area (Å²) in [7, 11) is 1.71. The van der Waals surface area contributed by atoms with Gasteiger partial charge < -0.3 is 10.1 Å². The van der Waals surface area contributed by atoms with Crippen molar-refractivity contribution in [2.24, 2.45) is 11.8 Å². The van der Waals surface area contributed by atoms with Crippen LogP contribution < -0.4 is 10.1 Å². The third kappa shape index (κ3) is 1.93. The van der Waals surface area contributed by atoms with E-state index in [1.807, 2.05) is 13.1 Å². The van der Waals surface area contributed by atoms with Crippen LogP contribution in [0.15, 0.2) is 18.3 Å². The molecule has 18 heavy (non-hydrogen) atoms. The highest BCUT2D eigenvalue weighted by atomic mass is 16.5. The van der Waals surface area contributed by atoms with Crippen molar-refractivity contribution in [1.82, 2.24) is 10.3 Å². The van der Waals surface area contributed by atoms with Gasteiger partial charge in [0.2, 0.25) is 0 Å². The number of rotatable bonds is 2. The molecule has 0 saturated carbocycles. The van der Waals surface area contributed by atoms with Gasteiger partial charge in [-0.25, -0.2) is 0 Å². The van der Waals surface area contributed by atoms with E-state index in [-0.39, 0.29) is 0 Å². The molecule has 0 aromatic carbocycles. The van der Waals surface area contributed by atoms with Gasteiger partial charge in [0, 0.05) is 18.7 Å². The molecule has 1 aliphatic heterocycles. The first-order chi connectivity index (χ1) is 8.79. The van der Waals surface area contributed by atoms with E-state index in [1.165, 1.54) is 30.5 Å². The number of nitrogens with zero attached hydrogens (tertiary/aromatic N) is 1. The lowest BCUT2D eigenvalue weighted by Gasteiger charge is -2.26. The van der Waals surface area contributed by atoms with E-state index in [2.05, 4.69) is 22.4 Å². The fourth-order valence-electron chi connectivity index (χ4n) is 3.21. The molecule has 0 unspecified atom stereocenters. The summed E-state index contributed by atoms with van der Waals surface area (Å²) in [5.74, 6) is 2.35. The van der Waals surface area contributed by atoms with Crippen molar-refractivity contribution in [3.8, 4) is 5.75 Å². The SMILES string of the molecule is COc1cc(C2=CCC[C@@H]3CNC[C@H]23)cnc1C. The molecule has 2 heterocycles. The van der Waals surface area contributed by atoms with Gasteiger partial charge in [0.15, 0.2) is 0 Å². The Balaban J connectivity index is 1.96. The van der Waals surface area contributed by atoms with Crippen LogP contribution in [0.25, 0.3) is 5.57 Å². The van der Waals surface area contributed by atoms with Crippen LogP contribution in [-0.4, -0.2) is 25.2 Å². The van der Waals surface area contributed by atoms with Gasteiger partial charge in [0.05, 0.1) is 12.8 Å². The Morgan fingerprint density at radius 2 is 2.28 bits per heavy atom. The highest BCUT2D eigenvalue weighted by Crippen LogP contribution is 2.39. The zero-order valence-corrected chi connectivity index (χ0v) is 11.1. The van der Waals surface area contributed by atoms with Gasteiger partial charge >= 0.3 is 0 Å². The summed E-state index contributed by atoms with van der Waals surface area (Å²) >= 11 is 0. The van der Waals surface area contributed by atoms with E-state index in [9.17, 15) is 0 Å². The largest absolute Gasteiger partial charge is 0.495 e. The van der Waals surface area contributed by atoms with Crippen LogP contribution >= 0.6 is 0 Å². The average Bonchev–Trinajstić information content (AvgIpc) is 2.87. The number of methoxy groups -OCH3 is 1. The van der Waals surface area contributed by atoms with Crippen molar-refractivity contribution in [3.63, 3.8) is 0 Å². The maximum Gasteiger partial charge on any atom is 0.140 e. The fourth-order valence-corrected chi connectivity index (χ4v) is 3.21. The Morgan fingerprint density at radius 1 is 1.39 bits per heavy atom. The maximum absolute atomic E-state index is 5.38. The Kier molecular flexibility index (Phi) is 3.08. The second-order valence-corrected chi connectivity index (χ2v) is 5.27. The third-order valence-corrected chi connectivity index (χ3v) is 4.23. The van der Waals surface area contributed by atoms with Crippen LogP contribution in [0.5, 0.6) is 5.75 Å². The second kappa shape index (κ2) is 4.73. The molecule has 3 nitrogen and oxygen atoms in total. The summed E-state index contributed by atoms with van der Waals surface area (Å²) in [5, 5.41) is 3.51. The van der Waals surface area contributed by atoms with E-state index < -0.39 is 0 Å². The topological polar surface area (TPSA) is 34.1 Å². The van der Waals surface area contributed by atoms with Crippen LogP contribution in [0.3, 0.4) is 0 Å². The molecule has 3 heteroatoms. The number of allylic oxidation sites excluding steroid dienone is 1. The van der Waals surface area contributed by atoms with E-state index >= 15 is 0 Å². The molecule has 1 N–H and O–H groups in total. The Bertz CT molecular complexity index is 481. The number of fused-ring (bicyclic) bond motifs is 1. The molecule has 0 amide bonds. The molecule has 0 radical (unpaired) electrons. The monoisotopic (exact) mass is 244 g/mol. The van der Waals surface area contributed by atoms with Crippen molar-refractivity contribution >= 4 is 5.57 Å². The quantitative estimate of drug-likeness (QED) is 0.867. The number of hydrogen-bond acceptors (Lipinski definition) is 3. The normalized spacial score (nSPS) is 26.7. The van der Waals surface area contributed by atoms with E-state index in [4.69, 9.17) is 4.74 Å². The van der Waals surface area contributed by atoms with Crippen molar-refractivity contribution in [2.75, 3.05) is 20.2 Å². The number of aryl methyl sites for hydroxylation is 1. The number of hydrogen-bond donors (Lipinski definition) is 1. The minimum Gasteiger partial charge on any atom is -0.495 e. The second-order valence-electron chi connectivity index (χ2n) is 5.27. The smallest absolute Gasteiger partial charge is 0.140 e. The maximum atomic E-state index is 5.38. The van der Waals surface area contributed by atoms with Crippen molar-refractivity contribution < 1.29 is 4.74 Å². The van der Waals surface area contributed by atoms with Crippen molar-refractivity contribution in [2.45, 2.75) is 19.8 Å². The average molecular weight is 244 g/mol. The van der Waals surface area contributed by atoms with Gasteiger partial charge in [-0.15, -0.1) is 0 Å². The first-order valence-corrected chi connectivity index (χ1v) is 6.71. The number of nitrogens with one attached hydrogen (secondary N) is 1. The number of aromatic nitrogens is 1. The molecule has 0 spiro atoms. The Morgan fingerprint density at radius 3 is 3.11 bits per heavy atom. The minimum atomic E-state index is 0.660. The van der Waals surface area contributed by atoms with Crippen LogP contribution in [0.2, 0.25) is 0 Å². The van der Waals surface area contributed by atoms with Gasteiger partial charge in [0.1, 0.15) is 5.75 Å². The molecular weight excluding hydrogens is 224 g/mol. The molecule has 1 fully saturated rings. The van der Waals surface area contributed by atoms with Crippen LogP contribution in [0.1, 0.15) is 24.1 Å².